The van der Waals surface area contributed by atoms with Crippen LogP contribution in [0.2, 0.25) is 0 Å². The van der Waals surface area contributed by atoms with Gasteiger partial charge in [-0.05, 0) is 19.0 Å². The molecule has 8 nitrogen and oxygen atoms in total. The van der Waals surface area contributed by atoms with Gasteiger partial charge < -0.3 is 5.32 Å². The standard InChI is InChI=1S/C9H12N4O4S.ClH/c14-13(15)8-1-2-9(11-6-8)18(16,17)12-7-3-4-10-5-7;/h1-2,6-7,10,12H,3-5H2;1H. The maximum Gasteiger partial charge on any atom is 0.287 e. The molecule has 1 saturated heterocycles. The molecule has 106 valence electrons. The molecule has 1 aliphatic rings. The van der Waals surface area contributed by atoms with Crippen LogP contribution in [0.5, 0.6) is 0 Å². The molecular formula is C9H13ClN4O4S. The van der Waals surface area contributed by atoms with Gasteiger partial charge in [0.15, 0.2) is 5.03 Å². The van der Waals surface area contributed by atoms with E-state index >= 15 is 0 Å². The molecule has 0 aliphatic carbocycles. The molecule has 2 rings (SSSR count). The average Bonchev–Trinajstić information content (AvgIpc) is 2.81. The minimum Gasteiger partial charge on any atom is -0.315 e. The zero-order chi connectivity index (χ0) is 13.2. The lowest BCUT2D eigenvalue weighted by atomic mass is 10.3. The molecule has 1 fully saturated rings. The number of hydrogen-bond acceptors (Lipinski definition) is 6. The molecule has 0 spiro atoms. The van der Waals surface area contributed by atoms with Gasteiger partial charge in [-0.2, -0.15) is 0 Å². The zero-order valence-electron chi connectivity index (χ0n) is 9.77. The van der Waals surface area contributed by atoms with Crippen LogP contribution in [0.4, 0.5) is 5.69 Å². The Bertz CT molecular complexity index is 542. The summed E-state index contributed by atoms with van der Waals surface area (Å²) in [7, 11) is -3.71. The van der Waals surface area contributed by atoms with E-state index in [-0.39, 0.29) is 29.2 Å². The third-order valence-electron chi connectivity index (χ3n) is 2.59. The molecule has 10 heteroatoms. The Morgan fingerprint density at radius 2 is 2.21 bits per heavy atom. The predicted octanol–water partition coefficient (Wildman–Crippen LogP) is 0.0518. The third kappa shape index (κ3) is 3.83. The van der Waals surface area contributed by atoms with Gasteiger partial charge in [-0.3, -0.25) is 10.1 Å². The number of nitro groups is 1. The lowest BCUT2D eigenvalue weighted by molar-refractivity contribution is -0.385. The highest BCUT2D eigenvalue weighted by atomic mass is 35.5. The van der Waals surface area contributed by atoms with Crippen LogP contribution in [-0.4, -0.2) is 37.5 Å². The van der Waals surface area contributed by atoms with Gasteiger partial charge in [0.1, 0.15) is 6.20 Å². The fraction of sp³-hybridized carbons (Fsp3) is 0.444. The first-order valence-electron chi connectivity index (χ1n) is 5.32. The quantitative estimate of drug-likeness (QED) is 0.600. The van der Waals surface area contributed by atoms with Crippen molar-refractivity contribution >= 4 is 28.1 Å². The molecule has 1 aliphatic heterocycles. The second kappa shape index (κ2) is 6.24. The van der Waals surface area contributed by atoms with Gasteiger partial charge >= 0.3 is 0 Å². The topological polar surface area (TPSA) is 114 Å². The van der Waals surface area contributed by atoms with Crippen LogP contribution < -0.4 is 10.0 Å². The summed E-state index contributed by atoms with van der Waals surface area (Å²) in [6.07, 6.45) is 1.65. The Labute approximate surface area is 116 Å². The summed E-state index contributed by atoms with van der Waals surface area (Å²) in [6.45, 7) is 1.34. The molecule has 2 heterocycles. The number of nitrogens with one attached hydrogen (secondary N) is 2. The average molecular weight is 309 g/mol. The molecule has 0 aromatic carbocycles. The Morgan fingerprint density at radius 3 is 2.68 bits per heavy atom. The van der Waals surface area contributed by atoms with Crippen LogP contribution in [0, 0.1) is 10.1 Å². The third-order valence-corrected chi connectivity index (χ3v) is 4.02. The van der Waals surface area contributed by atoms with Gasteiger partial charge in [-0.15, -0.1) is 12.4 Å². The largest absolute Gasteiger partial charge is 0.315 e. The van der Waals surface area contributed by atoms with Crippen molar-refractivity contribution in [2.24, 2.45) is 0 Å². The lowest BCUT2D eigenvalue weighted by Crippen LogP contribution is -2.36. The SMILES string of the molecule is Cl.O=[N+]([O-])c1ccc(S(=O)(=O)NC2CCNC2)nc1. The highest BCUT2D eigenvalue weighted by Gasteiger charge is 2.24. The summed E-state index contributed by atoms with van der Waals surface area (Å²) in [4.78, 5) is 13.4. The highest BCUT2D eigenvalue weighted by Crippen LogP contribution is 2.13. The van der Waals surface area contributed by atoms with Crippen molar-refractivity contribution in [1.29, 1.82) is 0 Å². The van der Waals surface area contributed by atoms with Gasteiger partial charge in [0.05, 0.1) is 4.92 Å². The predicted molar refractivity (Wildman–Crippen MR) is 69.7 cm³/mol. The van der Waals surface area contributed by atoms with E-state index in [0.717, 1.165) is 24.9 Å². The molecule has 19 heavy (non-hydrogen) atoms. The number of aromatic nitrogens is 1. The number of pyridine rings is 1. The van der Waals surface area contributed by atoms with Crippen LogP contribution in [0.1, 0.15) is 6.42 Å². The molecule has 0 amide bonds. The van der Waals surface area contributed by atoms with Crippen molar-refractivity contribution in [2.75, 3.05) is 13.1 Å². The van der Waals surface area contributed by atoms with E-state index in [2.05, 4.69) is 15.0 Å². The minimum atomic E-state index is -3.71. The summed E-state index contributed by atoms with van der Waals surface area (Å²) < 4.78 is 26.3. The summed E-state index contributed by atoms with van der Waals surface area (Å²) in [5.41, 5.74) is -0.239. The second-order valence-corrected chi connectivity index (χ2v) is 5.58. The van der Waals surface area contributed by atoms with E-state index in [1.165, 1.54) is 0 Å². The van der Waals surface area contributed by atoms with E-state index in [0.29, 0.717) is 13.0 Å². The molecule has 1 unspecified atom stereocenters. The molecule has 0 radical (unpaired) electrons. The normalized spacial score (nSPS) is 18.8. The fourth-order valence-electron chi connectivity index (χ4n) is 1.67. The number of halogens is 1. The zero-order valence-corrected chi connectivity index (χ0v) is 11.4. The molecule has 2 N–H and O–H groups in total. The molecule has 1 aromatic rings. The Balaban J connectivity index is 0.00000180. The van der Waals surface area contributed by atoms with Crippen LogP contribution in [0.25, 0.3) is 0 Å². The van der Waals surface area contributed by atoms with Crippen molar-refractivity contribution in [3.05, 3.63) is 28.4 Å². The summed E-state index contributed by atoms with van der Waals surface area (Å²) >= 11 is 0. The van der Waals surface area contributed by atoms with E-state index in [4.69, 9.17) is 0 Å². The fourth-order valence-corrected chi connectivity index (χ4v) is 2.87. The monoisotopic (exact) mass is 308 g/mol. The van der Waals surface area contributed by atoms with Gasteiger partial charge in [-0.1, -0.05) is 0 Å². The second-order valence-electron chi connectivity index (χ2n) is 3.92. The Morgan fingerprint density at radius 1 is 1.47 bits per heavy atom. The van der Waals surface area contributed by atoms with E-state index in [1.54, 1.807) is 0 Å². The minimum absolute atomic E-state index is 0. The molecular weight excluding hydrogens is 296 g/mol. The van der Waals surface area contributed by atoms with Crippen LogP contribution in [0.15, 0.2) is 23.4 Å². The van der Waals surface area contributed by atoms with Crippen LogP contribution in [0.3, 0.4) is 0 Å². The van der Waals surface area contributed by atoms with Crippen molar-refractivity contribution in [3.8, 4) is 0 Å². The van der Waals surface area contributed by atoms with Crippen molar-refractivity contribution < 1.29 is 13.3 Å². The van der Waals surface area contributed by atoms with E-state index in [9.17, 15) is 18.5 Å². The van der Waals surface area contributed by atoms with E-state index in [1.807, 2.05) is 0 Å². The molecule has 1 atom stereocenters. The Kier molecular flexibility index (Phi) is 5.18. The lowest BCUT2D eigenvalue weighted by Gasteiger charge is -2.10. The molecule has 0 saturated carbocycles. The first-order valence-corrected chi connectivity index (χ1v) is 6.81. The Hall–Kier alpha value is -1.29. The van der Waals surface area contributed by atoms with E-state index < -0.39 is 14.9 Å². The summed E-state index contributed by atoms with van der Waals surface area (Å²) in [5.74, 6) is 0. The van der Waals surface area contributed by atoms with Gasteiger partial charge in [0.25, 0.3) is 15.7 Å². The number of nitrogens with zero attached hydrogens (tertiary/aromatic N) is 2. The smallest absolute Gasteiger partial charge is 0.287 e. The summed E-state index contributed by atoms with van der Waals surface area (Å²) in [5, 5.41) is 13.3. The van der Waals surface area contributed by atoms with Gasteiger partial charge in [0.2, 0.25) is 0 Å². The van der Waals surface area contributed by atoms with Crippen LogP contribution >= 0.6 is 12.4 Å². The van der Waals surface area contributed by atoms with Crippen LogP contribution in [-0.2, 0) is 10.0 Å². The first-order chi connectivity index (χ1) is 8.49. The van der Waals surface area contributed by atoms with Crippen molar-refractivity contribution in [3.63, 3.8) is 0 Å². The number of sulfonamides is 1. The molecule has 1 aromatic heterocycles. The van der Waals surface area contributed by atoms with Gasteiger partial charge in [0, 0.05) is 18.7 Å². The van der Waals surface area contributed by atoms with Crippen molar-refractivity contribution in [1.82, 2.24) is 15.0 Å². The van der Waals surface area contributed by atoms with Gasteiger partial charge in [-0.25, -0.2) is 18.1 Å². The number of rotatable bonds is 4. The first kappa shape index (κ1) is 15.8. The maximum absolute atomic E-state index is 11.9. The highest BCUT2D eigenvalue weighted by molar-refractivity contribution is 7.89. The van der Waals surface area contributed by atoms with Crippen molar-refractivity contribution in [2.45, 2.75) is 17.5 Å². The maximum atomic E-state index is 11.9. The summed E-state index contributed by atoms with van der Waals surface area (Å²) in [6, 6.07) is 2.09. The number of hydrogen-bond donors (Lipinski definition) is 2. The molecule has 0 bridgehead atoms.